The van der Waals surface area contributed by atoms with Crippen LogP contribution < -0.4 is 20.9 Å². The molecular formula is C9H10ClN3O4. The van der Waals surface area contributed by atoms with E-state index >= 15 is 0 Å². The molecule has 0 spiro atoms. The van der Waals surface area contributed by atoms with Crippen LogP contribution in [0.1, 0.15) is 11.1 Å². The van der Waals surface area contributed by atoms with Crippen molar-refractivity contribution < 1.29 is 19.1 Å². The van der Waals surface area contributed by atoms with Gasteiger partial charge in [0, 0.05) is 11.1 Å². The first kappa shape index (κ1) is 13.0. The van der Waals surface area contributed by atoms with E-state index in [-0.39, 0.29) is 16.8 Å². The number of halogens is 1. The van der Waals surface area contributed by atoms with Gasteiger partial charge in [-0.1, -0.05) is 11.6 Å². The van der Waals surface area contributed by atoms with E-state index in [0.717, 1.165) is 0 Å². The zero-order valence-corrected chi connectivity index (χ0v) is 9.87. The third-order valence-electron chi connectivity index (χ3n) is 1.90. The molecule has 1 aromatic rings. The average Bonchev–Trinajstić information content (AvgIpc) is 2.20. The number of nitrogens with two attached hydrogens (primary N) is 2. The summed E-state index contributed by atoms with van der Waals surface area (Å²) in [4.78, 5) is 25.1. The Balaban J connectivity index is 3.28. The summed E-state index contributed by atoms with van der Waals surface area (Å²) in [5.41, 5.74) is 10.5. The fourth-order valence-corrected chi connectivity index (χ4v) is 1.28. The van der Waals surface area contributed by atoms with Gasteiger partial charge < -0.3 is 20.9 Å². The number of carbonyl (C=O) groups is 2. The number of pyridine rings is 1. The summed E-state index contributed by atoms with van der Waals surface area (Å²) in [5, 5.41) is 0.243. The van der Waals surface area contributed by atoms with E-state index in [2.05, 4.69) is 14.5 Å². The molecule has 0 aliphatic carbocycles. The molecule has 7 nitrogen and oxygen atoms in total. The van der Waals surface area contributed by atoms with Crippen LogP contribution in [0, 0.1) is 13.8 Å². The van der Waals surface area contributed by atoms with Crippen molar-refractivity contribution in [2.24, 2.45) is 11.5 Å². The molecule has 0 aliphatic heterocycles. The molecule has 0 saturated carbocycles. The van der Waals surface area contributed by atoms with Crippen LogP contribution in [0.15, 0.2) is 0 Å². The smallest absolute Gasteiger partial charge is 0.391 e. The third kappa shape index (κ3) is 2.97. The van der Waals surface area contributed by atoms with Crippen LogP contribution in [0.4, 0.5) is 9.59 Å². The highest BCUT2D eigenvalue weighted by Gasteiger charge is 2.17. The minimum Gasteiger partial charge on any atom is -0.391 e. The fraction of sp³-hybridized carbons (Fsp3) is 0.222. The van der Waals surface area contributed by atoms with Crippen molar-refractivity contribution in [3.8, 4) is 11.8 Å². The molecule has 0 aliphatic rings. The second-order valence-electron chi connectivity index (χ2n) is 3.13. The quantitative estimate of drug-likeness (QED) is 0.829. The number of amides is 2. The van der Waals surface area contributed by atoms with Crippen molar-refractivity contribution in [2.45, 2.75) is 13.8 Å². The molecule has 2 amide bonds. The number of ether oxygens (including phenoxy) is 2. The monoisotopic (exact) mass is 259 g/mol. The molecule has 17 heavy (non-hydrogen) atoms. The van der Waals surface area contributed by atoms with Crippen molar-refractivity contribution in [1.82, 2.24) is 4.98 Å². The van der Waals surface area contributed by atoms with Gasteiger partial charge in [0.25, 0.3) is 0 Å². The van der Waals surface area contributed by atoms with Gasteiger partial charge in [-0.3, -0.25) is 0 Å². The summed E-state index contributed by atoms with van der Waals surface area (Å²) in [6, 6.07) is 0. The molecule has 92 valence electrons. The fourth-order valence-electron chi connectivity index (χ4n) is 1.12. The Kier molecular flexibility index (Phi) is 3.74. The van der Waals surface area contributed by atoms with Crippen LogP contribution in [0.2, 0.25) is 5.02 Å². The molecule has 0 fully saturated rings. The summed E-state index contributed by atoms with van der Waals surface area (Å²) in [7, 11) is 0. The van der Waals surface area contributed by atoms with Crippen molar-refractivity contribution >= 4 is 23.8 Å². The highest BCUT2D eigenvalue weighted by molar-refractivity contribution is 6.32. The van der Waals surface area contributed by atoms with Crippen molar-refractivity contribution in [3.63, 3.8) is 0 Å². The van der Waals surface area contributed by atoms with Gasteiger partial charge in [-0.15, -0.1) is 0 Å². The summed E-state index contributed by atoms with van der Waals surface area (Å²) >= 11 is 5.95. The van der Waals surface area contributed by atoms with Crippen molar-refractivity contribution in [1.29, 1.82) is 0 Å². The third-order valence-corrected chi connectivity index (χ3v) is 2.46. The van der Waals surface area contributed by atoms with Gasteiger partial charge in [0.1, 0.15) is 0 Å². The van der Waals surface area contributed by atoms with Gasteiger partial charge in [0.2, 0.25) is 11.8 Å². The molecule has 0 radical (unpaired) electrons. The molecule has 1 aromatic heterocycles. The second kappa shape index (κ2) is 4.88. The van der Waals surface area contributed by atoms with Crippen LogP contribution in [0.5, 0.6) is 11.8 Å². The van der Waals surface area contributed by atoms with Crippen LogP contribution in [-0.4, -0.2) is 17.2 Å². The first-order valence-electron chi connectivity index (χ1n) is 4.44. The van der Waals surface area contributed by atoms with E-state index < -0.39 is 12.2 Å². The highest BCUT2D eigenvalue weighted by atomic mass is 35.5. The Morgan fingerprint density at radius 2 is 1.41 bits per heavy atom. The zero-order valence-electron chi connectivity index (χ0n) is 9.11. The Morgan fingerprint density at radius 1 is 1.06 bits per heavy atom. The molecule has 1 rings (SSSR count). The maximum Gasteiger partial charge on any atom is 0.411 e. The van der Waals surface area contributed by atoms with Gasteiger partial charge in [-0.25, -0.2) is 9.59 Å². The number of hydrogen-bond donors (Lipinski definition) is 2. The second-order valence-corrected chi connectivity index (χ2v) is 3.51. The van der Waals surface area contributed by atoms with Crippen LogP contribution >= 0.6 is 11.6 Å². The lowest BCUT2D eigenvalue weighted by molar-refractivity contribution is 0.205. The van der Waals surface area contributed by atoms with E-state index in [9.17, 15) is 9.59 Å². The summed E-state index contributed by atoms with van der Waals surface area (Å²) in [5.74, 6) is -0.270. The molecule has 0 unspecified atom stereocenters. The topological polar surface area (TPSA) is 118 Å². The van der Waals surface area contributed by atoms with E-state index in [1.165, 1.54) is 0 Å². The lowest BCUT2D eigenvalue weighted by Gasteiger charge is -2.11. The lowest BCUT2D eigenvalue weighted by Crippen LogP contribution is -2.20. The molecule has 0 bridgehead atoms. The lowest BCUT2D eigenvalue weighted by atomic mass is 10.2. The van der Waals surface area contributed by atoms with E-state index in [4.69, 9.17) is 23.1 Å². The Labute approximate surface area is 102 Å². The minimum absolute atomic E-state index is 0.135. The Hall–Kier alpha value is -2.02. The molecule has 0 aromatic carbocycles. The van der Waals surface area contributed by atoms with Crippen molar-refractivity contribution in [2.75, 3.05) is 0 Å². The minimum atomic E-state index is -1.05. The summed E-state index contributed by atoms with van der Waals surface area (Å²) < 4.78 is 9.23. The van der Waals surface area contributed by atoms with Gasteiger partial charge >= 0.3 is 12.2 Å². The molecular weight excluding hydrogens is 250 g/mol. The van der Waals surface area contributed by atoms with Crippen LogP contribution in [-0.2, 0) is 0 Å². The predicted octanol–water partition coefficient (Wildman–Crippen LogP) is 1.27. The molecule has 0 saturated heterocycles. The maximum absolute atomic E-state index is 10.6. The standard InChI is InChI=1S/C9H10ClN3O4/c1-3-5(10)4(2)7(17-9(12)15)13-6(3)16-8(11)14/h1-2H3,(H2,11,14)(H2,12,15). The number of aromatic nitrogens is 1. The summed E-state index contributed by atoms with van der Waals surface area (Å²) in [6.45, 7) is 3.16. The zero-order chi connectivity index (χ0) is 13.2. The molecule has 1 heterocycles. The number of hydrogen-bond acceptors (Lipinski definition) is 5. The van der Waals surface area contributed by atoms with Gasteiger partial charge in [0.15, 0.2) is 0 Å². The first-order valence-corrected chi connectivity index (χ1v) is 4.82. The molecule has 8 heteroatoms. The number of primary amides is 2. The largest absolute Gasteiger partial charge is 0.411 e. The molecule has 4 N–H and O–H groups in total. The number of rotatable bonds is 2. The van der Waals surface area contributed by atoms with E-state index in [1.54, 1.807) is 13.8 Å². The van der Waals surface area contributed by atoms with Gasteiger partial charge in [-0.05, 0) is 13.8 Å². The van der Waals surface area contributed by atoms with E-state index in [1.807, 2.05) is 0 Å². The van der Waals surface area contributed by atoms with Gasteiger partial charge in [-0.2, -0.15) is 4.98 Å². The number of carbonyl (C=O) groups excluding carboxylic acids is 2. The summed E-state index contributed by atoms with van der Waals surface area (Å²) in [6.07, 6.45) is -2.10. The van der Waals surface area contributed by atoms with E-state index in [0.29, 0.717) is 11.1 Å². The maximum atomic E-state index is 10.6. The van der Waals surface area contributed by atoms with Gasteiger partial charge in [0.05, 0.1) is 5.02 Å². The number of nitrogens with zero attached hydrogens (tertiary/aromatic N) is 1. The SMILES string of the molecule is Cc1c(OC(N)=O)nc(OC(N)=O)c(C)c1Cl. The Morgan fingerprint density at radius 3 is 1.71 bits per heavy atom. The predicted molar refractivity (Wildman–Crippen MR) is 59.1 cm³/mol. The highest BCUT2D eigenvalue weighted by Crippen LogP contribution is 2.32. The molecule has 0 atom stereocenters. The van der Waals surface area contributed by atoms with Crippen LogP contribution in [0.3, 0.4) is 0 Å². The normalized spacial score (nSPS) is 9.82. The first-order chi connectivity index (χ1) is 7.82. The average molecular weight is 260 g/mol. The van der Waals surface area contributed by atoms with Crippen LogP contribution in [0.25, 0.3) is 0 Å². The van der Waals surface area contributed by atoms with Crippen molar-refractivity contribution in [3.05, 3.63) is 16.1 Å². The Bertz CT molecular complexity index is 449.